The smallest absolute Gasteiger partial charge is 0.290 e. The molecule has 0 atom stereocenters. The van der Waals surface area contributed by atoms with E-state index < -0.39 is 0 Å². The molecule has 0 spiro atoms. The Bertz CT molecular complexity index is 847. The van der Waals surface area contributed by atoms with Gasteiger partial charge in [-0.2, -0.15) is 5.26 Å². The van der Waals surface area contributed by atoms with Gasteiger partial charge in [0, 0.05) is 38.1 Å². The summed E-state index contributed by atoms with van der Waals surface area (Å²) in [6, 6.07) is 8.45. The lowest BCUT2D eigenvalue weighted by molar-refractivity contribution is -0.327. The highest BCUT2D eigenvalue weighted by Gasteiger charge is 2.13. The number of hydrogen-bond acceptors (Lipinski definition) is 4. The molecule has 1 aromatic heterocycles. The molecule has 7 heteroatoms. The fourth-order valence-corrected chi connectivity index (χ4v) is 3.21. The third-order valence-corrected chi connectivity index (χ3v) is 4.65. The number of H-pyrrole nitrogens is 1. The number of aryl methyl sites for hydroxylation is 2. The third-order valence-electron chi connectivity index (χ3n) is 4.37. The summed E-state index contributed by atoms with van der Waals surface area (Å²) in [6.07, 6.45) is 1.81. The first-order chi connectivity index (χ1) is 13.5. The minimum Gasteiger partial charge on any atom is -0.382 e. The maximum atomic E-state index is 9.48. The van der Waals surface area contributed by atoms with E-state index in [1.54, 1.807) is 0 Å². The Morgan fingerprint density at radius 3 is 2.61 bits per heavy atom. The summed E-state index contributed by atoms with van der Waals surface area (Å²) >= 11 is 5.26. The van der Waals surface area contributed by atoms with E-state index in [1.807, 2.05) is 13.0 Å². The van der Waals surface area contributed by atoms with E-state index in [4.69, 9.17) is 17.0 Å². The van der Waals surface area contributed by atoms with Crippen molar-refractivity contribution in [3.63, 3.8) is 0 Å². The Morgan fingerprint density at radius 2 is 1.89 bits per heavy atom. The highest BCUT2D eigenvalue weighted by molar-refractivity contribution is 7.80. The molecule has 0 unspecified atom stereocenters. The second kappa shape index (κ2) is 11.4. The molecule has 0 aliphatic rings. The summed E-state index contributed by atoms with van der Waals surface area (Å²) in [5, 5.41) is 20.9. The van der Waals surface area contributed by atoms with Gasteiger partial charge in [-0.25, -0.2) is 4.98 Å². The molecule has 0 saturated carbocycles. The van der Waals surface area contributed by atoms with Crippen molar-refractivity contribution >= 4 is 34.1 Å². The summed E-state index contributed by atoms with van der Waals surface area (Å²) in [7, 11) is 0. The topological polar surface area (TPSA) is 83.2 Å². The second-order valence-electron chi connectivity index (χ2n) is 6.73. The largest absolute Gasteiger partial charge is 0.382 e. The number of fused-ring (bicyclic) bond motifs is 1. The van der Waals surface area contributed by atoms with Crippen molar-refractivity contribution in [3.05, 3.63) is 34.9 Å². The van der Waals surface area contributed by atoms with Crippen molar-refractivity contribution in [3.8, 4) is 6.07 Å². The lowest BCUT2D eigenvalue weighted by Gasteiger charge is -2.10. The normalized spacial score (nSPS) is 10.5. The Kier molecular flexibility index (Phi) is 8.92. The number of rotatable bonds is 10. The summed E-state index contributed by atoms with van der Waals surface area (Å²) < 4.78 is 5.29. The summed E-state index contributed by atoms with van der Waals surface area (Å²) in [5.74, 6) is 0.761. The van der Waals surface area contributed by atoms with Crippen LogP contribution in [0.4, 0.5) is 5.82 Å². The highest BCUT2D eigenvalue weighted by Crippen LogP contribution is 2.21. The fourth-order valence-electron chi connectivity index (χ4n) is 3.01. The predicted molar refractivity (Wildman–Crippen MR) is 118 cm³/mol. The monoisotopic (exact) mass is 400 g/mol. The van der Waals surface area contributed by atoms with Crippen LogP contribution in [0.1, 0.15) is 36.5 Å². The molecule has 0 fully saturated rings. The molecule has 2 aromatic rings. The molecule has 0 aliphatic heterocycles. The highest BCUT2D eigenvalue weighted by atomic mass is 32.1. The van der Waals surface area contributed by atoms with Crippen LogP contribution < -0.4 is 20.9 Å². The molecule has 1 heterocycles. The maximum Gasteiger partial charge on any atom is 0.290 e. The molecule has 0 radical (unpaired) electrons. The number of nitrogens with zero attached hydrogens (tertiary/aromatic N) is 1. The maximum absolute atomic E-state index is 9.48. The van der Waals surface area contributed by atoms with Crippen molar-refractivity contribution in [2.45, 2.75) is 33.6 Å². The zero-order valence-corrected chi connectivity index (χ0v) is 17.8. The van der Waals surface area contributed by atoms with Crippen LogP contribution in [0.25, 0.3) is 10.9 Å². The number of aromatic amines is 1. The molecule has 6 nitrogen and oxygen atoms in total. The van der Waals surface area contributed by atoms with Crippen LogP contribution in [0.15, 0.2) is 18.2 Å². The SMILES string of the molecule is CCOCCCNC(=S)NCCCNc1[nH+]c2cc(C)cc(C)c2cc1C#N. The first kappa shape index (κ1) is 21.9. The molecule has 0 aliphatic carbocycles. The first-order valence-corrected chi connectivity index (χ1v) is 10.2. The van der Waals surface area contributed by atoms with Gasteiger partial charge in [0.05, 0.1) is 6.54 Å². The van der Waals surface area contributed by atoms with Crippen LogP contribution in [0.5, 0.6) is 0 Å². The van der Waals surface area contributed by atoms with E-state index in [2.05, 4.69) is 53.0 Å². The molecular weight excluding hydrogens is 370 g/mol. The van der Waals surface area contributed by atoms with E-state index in [0.29, 0.717) is 10.7 Å². The first-order valence-electron chi connectivity index (χ1n) is 9.75. The van der Waals surface area contributed by atoms with Crippen LogP contribution in [0.2, 0.25) is 0 Å². The number of aromatic nitrogens is 1. The van der Waals surface area contributed by atoms with Gasteiger partial charge in [-0.15, -0.1) is 0 Å². The Labute approximate surface area is 172 Å². The van der Waals surface area contributed by atoms with Crippen LogP contribution in [-0.4, -0.2) is 38.0 Å². The number of benzene rings is 1. The quantitative estimate of drug-likeness (QED) is 0.420. The van der Waals surface area contributed by atoms with Gasteiger partial charge in [-0.1, -0.05) is 6.07 Å². The molecule has 150 valence electrons. The number of nitriles is 1. The number of nitrogens with one attached hydrogen (secondary N) is 4. The Morgan fingerprint density at radius 1 is 1.14 bits per heavy atom. The van der Waals surface area contributed by atoms with Gasteiger partial charge in [0.25, 0.3) is 5.82 Å². The van der Waals surface area contributed by atoms with Crippen molar-refractivity contribution in [1.82, 2.24) is 10.6 Å². The van der Waals surface area contributed by atoms with Gasteiger partial charge >= 0.3 is 0 Å². The number of hydrogen-bond donors (Lipinski definition) is 3. The molecule has 0 bridgehead atoms. The third kappa shape index (κ3) is 6.63. The van der Waals surface area contributed by atoms with E-state index in [-0.39, 0.29) is 0 Å². The van der Waals surface area contributed by atoms with Gasteiger partial charge in [-0.05, 0) is 62.7 Å². The van der Waals surface area contributed by atoms with Crippen molar-refractivity contribution in [2.24, 2.45) is 0 Å². The zero-order chi connectivity index (χ0) is 20.4. The van der Waals surface area contributed by atoms with Gasteiger partial charge in [0.1, 0.15) is 17.1 Å². The fraction of sp³-hybridized carbons (Fsp3) is 0.476. The summed E-state index contributed by atoms with van der Waals surface area (Å²) in [6.45, 7) is 9.93. The molecule has 1 aromatic carbocycles. The average molecular weight is 401 g/mol. The van der Waals surface area contributed by atoms with Gasteiger partial charge in [0.2, 0.25) is 0 Å². The second-order valence-corrected chi connectivity index (χ2v) is 7.13. The van der Waals surface area contributed by atoms with E-state index in [0.717, 1.165) is 62.4 Å². The van der Waals surface area contributed by atoms with E-state index in [1.165, 1.54) is 11.1 Å². The zero-order valence-electron chi connectivity index (χ0n) is 16.9. The predicted octanol–water partition coefficient (Wildman–Crippen LogP) is 2.84. The molecule has 0 amide bonds. The number of pyridine rings is 1. The molecule has 2 rings (SSSR count). The summed E-state index contributed by atoms with van der Waals surface area (Å²) in [4.78, 5) is 3.37. The summed E-state index contributed by atoms with van der Waals surface area (Å²) in [5.41, 5.74) is 4.03. The van der Waals surface area contributed by atoms with Gasteiger partial charge in [0.15, 0.2) is 5.11 Å². The van der Waals surface area contributed by atoms with Crippen LogP contribution in [-0.2, 0) is 4.74 Å². The molecule has 4 N–H and O–H groups in total. The van der Waals surface area contributed by atoms with Crippen LogP contribution in [0.3, 0.4) is 0 Å². The van der Waals surface area contributed by atoms with E-state index >= 15 is 0 Å². The molecular formula is C21H30N5OS+. The van der Waals surface area contributed by atoms with Crippen molar-refractivity contribution in [1.29, 1.82) is 5.26 Å². The van der Waals surface area contributed by atoms with Crippen molar-refractivity contribution < 1.29 is 9.72 Å². The number of thiocarbonyl (C=S) groups is 1. The number of anilines is 1. The van der Waals surface area contributed by atoms with E-state index in [9.17, 15) is 5.26 Å². The van der Waals surface area contributed by atoms with Crippen LogP contribution in [0, 0.1) is 25.2 Å². The lowest BCUT2D eigenvalue weighted by atomic mass is 10.0. The lowest BCUT2D eigenvalue weighted by Crippen LogP contribution is -2.37. The van der Waals surface area contributed by atoms with Crippen LogP contribution >= 0.6 is 12.2 Å². The average Bonchev–Trinajstić information content (AvgIpc) is 2.67. The van der Waals surface area contributed by atoms with Gasteiger partial charge < -0.3 is 15.4 Å². The molecule has 28 heavy (non-hydrogen) atoms. The number of ether oxygens (including phenoxy) is 1. The Balaban J connectivity index is 1.79. The minimum absolute atomic E-state index is 0.624. The Hall–Kier alpha value is -2.43. The van der Waals surface area contributed by atoms with Gasteiger partial charge in [-0.3, -0.25) is 5.32 Å². The van der Waals surface area contributed by atoms with Crippen molar-refractivity contribution in [2.75, 3.05) is 38.2 Å². The standard InChI is InChI=1S/C21H29N5OS/c1-4-27-10-6-9-25-21(28)24-8-5-7-23-20-17(14-22)13-18-16(3)11-15(2)12-19(18)26-20/h11-13H,4-10H2,1-3H3,(H,23,26)(H2,24,25,28)/p+1. The minimum atomic E-state index is 0.624. The molecule has 0 saturated heterocycles.